The van der Waals surface area contributed by atoms with Gasteiger partial charge in [-0.25, -0.2) is 0 Å². The van der Waals surface area contributed by atoms with Crippen molar-refractivity contribution in [1.29, 1.82) is 5.26 Å². The molecule has 1 aromatic heterocycles. The van der Waals surface area contributed by atoms with Crippen LogP contribution in [0.15, 0.2) is 24.3 Å². The SMILES string of the molecule is Cc1cc(C(F)(F)F)nn1CC(C)C(=O)Nc1ccc([N+](=O)[O-])cc1C#N. The zero-order valence-corrected chi connectivity index (χ0v) is 14.2. The van der Waals surface area contributed by atoms with Gasteiger partial charge in [0, 0.05) is 17.8 Å². The summed E-state index contributed by atoms with van der Waals surface area (Å²) in [5, 5.41) is 25.7. The van der Waals surface area contributed by atoms with E-state index in [0.29, 0.717) is 0 Å². The molecule has 1 heterocycles. The Morgan fingerprint density at radius 1 is 1.44 bits per heavy atom. The highest BCUT2D eigenvalue weighted by Gasteiger charge is 2.34. The Bertz CT molecular complexity index is 930. The van der Waals surface area contributed by atoms with Crippen molar-refractivity contribution in [1.82, 2.24) is 9.78 Å². The zero-order chi connectivity index (χ0) is 20.4. The molecule has 2 aromatic rings. The number of amides is 1. The van der Waals surface area contributed by atoms with Crippen LogP contribution in [0.25, 0.3) is 0 Å². The zero-order valence-electron chi connectivity index (χ0n) is 14.2. The van der Waals surface area contributed by atoms with Gasteiger partial charge in [0.25, 0.3) is 5.69 Å². The third-order valence-electron chi connectivity index (χ3n) is 3.76. The molecule has 0 bridgehead atoms. The highest BCUT2D eigenvalue weighted by molar-refractivity contribution is 5.93. The largest absolute Gasteiger partial charge is 0.435 e. The van der Waals surface area contributed by atoms with Crippen molar-refractivity contribution in [2.45, 2.75) is 26.6 Å². The molecule has 142 valence electrons. The number of non-ortho nitro benzene ring substituents is 1. The number of hydrogen-bond donors (Lipinski definition) is 1. The highest BCUT2D eigenvalue weighted by atomic mass is 19.4. The molecule has 2 rings (SSSR count). The maximum Gasteiger partial charge on any atom is 0.435 e. The number of aromatic nitrogens is 2. The van der Waals surface area contributed by atoms with Crippen LogP contribution in [0.1, 0.15) is 23.9 Å². The van der Waals surface area contributed by atoms with Crippen LogP contribution in [0.5, 0.6) is 0 Å². The number of aryl methyl sites for hydroxylation is 1. The fourth-order valence-corrected chi connectivity index (χ4v) is 2.28. The summed E-state index contributed by atoms with van der Waals surface area (Å²) >= 11 is 0. The molecular formula is C16H14F3N5O3. The number of nitriles is 1. The van der Waals surface area contributed by atoms with E-state index in [1.807, 2.05) is 0 Å². The summed E-state index contributed by atoms with van der Waals surface area (Å²) in [6, 6.07) is 6.01. The number of alkyl halides is 3. The van der Waals surface area contributed by atoms with E-state index >= 15 is 0 Å². The fourth-order valence-electron chi connectivity index (χ4n) is 2.28. The molecule has 27 heavy (non-hydrogen) atoms. The van der Waals surface area contributed by atoms with E-state index in [4.69, 9.17) is 5.26 Å². The standard InChI is InChI=1S/C16H14F3N5O3/c1-9(8-23-10(2)5-14(22-23)16(17,18)19)15(25)21-13-4-3-12(24(26)27)6-11(13)7-20/h3-6,9H,8H2,1-2H3,(H,21,25). The van der Waals surface area contributed by atoms with Crippen LogP contribution in [0.4, 0.5) is 24.5 Å². The Morgan fingerprint density at radius 3 is 2.63 bits per heavy atom. The number of carbonyl (C=O) groups is 1. The number of halogens is 3. The number of carbonyl (C=O) groups excluding carboxylic acids is 1. The van der Waals surface area contributed by atoms with Gasteiger partial charge < -0.3 is 5.32 Å². The summed E-state index contributed by atoms with van der Waals surface area (Å²) in [6.07, 6.45) is -4.58. The molecule has 0 aliphatic carbocycles. The van der Waals surface area contributed by atoms with Gasteiger partial charge in [-0.3, -0.25) is 19.6 Å². The third kappa shape index (κ3) is 4.60. The summed E-state index contributed by atoms with van der Waals surface area (Å²) in [6.45, 7) is 2.82. The van der Waals surface area contributed by atoms with E-state index in [-0.39, 0.29) is 29.2 Å². The molecule has 1 aromatic carbocycles. The second-order valence-electron chi connectivity index (χ2n) is 5.84. The van der Waals surface area contributed by atoms with Crippen molar-refractivity contribution < 1.29 is 22.9 Å². The van der Waals surface area contributed by atoms with E-state index in [1.54, 1.807) is 6.07 Å². The quantitative estimate of drug-likeness (QED) is 0.631. The van der Waals surface area contributed by atoms with Crippen molar-refractivity contribution in [2.24, 2.45) is 5.92 Å². The lowest BCUT2D eigenvalue weighted by atomic mass is 10.1. The minimum absolute atomic E-state index is 0.0770. The lowest BCUT2D eigenvalue weighted by Crippen LogP contribution is -2.25. The molecule has 11 heteroatoms. The second kappa shape index (κ2) is 7.45. The molecule has 8 nitrogen and oxygen atoms in total. The van der Waals surface area contributed by atoms with Crippen LogP contribution in [-0.2, 0) is 17.5 Å². The Hall–Kier alpha value is -3.42. The van der Waals surface area contributed by atoms with E-state index in [2.05, 4.69) is 10.4 Å². The van der Waals surface area contributed by atoms with E-state index in [9.17, 15) is 28.1 Å². The Labute approximate surface area is 151 Å². The Morgan fingerprint density at radius 2 is 2.11 bits per heavy atom. The Kier molecular flexibility index (Phi) is 5.49. The number of anilines is 1. The van der Waals surface area contributed by atoms with Gasteiger partial charge in [-0.15, -0.1) is 0 Å². The minimum Gasteiger partial charge on any atom is -0.325 e. The molecule has 1 N–H and O–H groups in total. The third-order valence-corrected chi connectivity index (χ3v) is 3.76. The molecule has 0 fully saturated rings. The van der Waals surface area contributed by atoms with Crippen molar-refractivity contribution in [3.63, 3.8) is 0 Å². The minimum atomic E-state index is -4.58. The number of nitrogens with zero attached hydrogens (tertiary/aromatic N) is 4. The highest BCUT2D eigenvalue weighted by Crippen LogP contribution is 2.28. The van der Waals surface area contributed by atoms with Gasteiger partial charge in [-0.05, 0) is 19.1 Å². The summed E-state index contributed by atoms with van der Waals surface area (Å²) in [4.78, 5) is 22.4. The number of nitro groups is 1. The average Bonchev–Trinajstić information content (AvgIpc) is 2.95. The predicted molar refractivity (Wildman–Crippen MR) is 87.6 cm³/mol. The van der Waals surface area contributed by atoms with Gasteiger partial charge in [0.2, 0.25) is 5.91 Å². The summed E-state index contributed by atoms with van der Waals surface area (Å²) in [7, 11) is 0. The first-order valence-corrected chi connectivity index (χ1v) is 7.64. The summed E-state index contributed by atoms with van der Waals surface area (Å²) in [5.74, 6) is -1.34. The van der Waals surface area contributed by atoms with Crippen LogP contribution in [-0.4, -0.2) is 20.6 Å². The number of benzene rings is 1. The topological polar surface area (TPSA) is 114 Å². The number of nitro benzene ring substituents is 1. The summed E-state index contributed by atoms with van der Waals surface area (Å²) < 4.78 is 39.2. The first-order valence-electron chi connectivity index (χ1n) is 7.64. The lowest BCUT2D eigenvalue weighted by Gasteiger charge is -2.14. The van der Waals surface area contributed by atoms with Gasteiger partial charge in [0.05, 0.1) is 28.6 Å². The molecule has 0 spiro atoms. The molecule has 0 aliphatic rings. The number of rotatable bonds is 5. The maximum atomic E-state index is 12.7. The Balaban J connectivity index is 2.14. The molecule has 0 aliphatic heterocycles. The normalized spacial score (nSPS) is 12.3. The van der Waals surface area contributed by atoms with Gasteiger partial charge in [0.1, 0.15) is 6.07 Å². The van der Waals surface area contributed by atoms with Crippen LogP contribution in [0.2, 0.25) is 0 Å². The van der Waals surface area contributed by atoms with Crippen molar-refractivity contribution in [3.05, 3.63) is 51.3 Å². The fraction of sp³-hybridized carbons (Fsp3) is 0.312. The second-order valence-corrected chi connectivity index (χ2v) is 5.84. The average molecular weight is 381 g/mol. The smallest absolute Gasteiger partial charge is 0.325 e. The van der Waals surface area contributed by atoms with Crippen LogP contribution < -0.4 is 5.32 Å². The molecule has 1 unspecified atom stereocenters. The van der Waals surface area contributed by atoms with Crippen LogP contribution in [0, 0.1) is 34.3 Å². The van der Waals surface area contributed by atoms with Crippen molar-refractivity contribution in [3.8, 4) is 6.07 Å². The molecule has 0 saturated heterocycles. The van der Waals surface area contributed by atoms with Gasteiger partial charge in [-0.1, -0.05) is 6.92 Å². The van der Waals surface area contributed by atoms with E-state index < -0.39 is 28.6 Å². The van der Waals surface area contributed by atoms with Gasteiger partial charge in [-0.2, -0.15) is 23.5 Å². The molecular weight excluding hydrogens is 367 g/mol. The van der Waals surface area contributed by atoms with E-state index in [1.165, 1.54) is 19.9 Å². The van der Waals surface area contributed by atoms with E-state index in [0.717, 1.165) is 22.9 Å². The van der Waals surface area contributed by atoms with Crippen LogP contribution >= 0.6 is 0 Å². The first-order chi connectivity index (χ1) is 12.5. The van der Waals surface area contributed by atoms with Crippen molar-refractivity contribution >= 4 is 17.3 Å². The molecule has 0 radical (unpaired) electrons. The molecule has 1 atom stereocenters. The number of nitrogens with one attached hydrogen (secondary N) is 1. The van der Waals surface area contributed by atoms with Gasteiger partial charge in [0.15, 0.2) is 5.69 Å². The molecule has 0 saturated carbocycles. The number of hydrogen-bond acceptors (Lipinski definition) is 5. The monoisotopic (exact) mass is 381 g/mol. The summed E-state index contributed by atoms with van der Waals surface area (Å²) in [5.41, 5.74) is -1.12. The van der Waals surface area contributed by atoms with Gasteiger partial charge >= 0.3 is 6.18 Å². The lowest BCUT2D eigenvalue weighted by molar-refractivity contribution is -0.384. The van der Waals surface area contributed by atoms with Crippen molar-refractivity contribution in [2.75, 3.05) is 5.32 Å². The van der Waals surface area contributed by atoms with Crippen LogP contribution in [0.3, 0.4) is 0 Å². The molecule has 1 amide bonds. The maximum absolute atomic E-state index is 12.7. The predicted octanol–water partition coefficient (Wildman–Crippen LogP) is 3.27. The first kappa shape index (κ1) is 19.9.